The van der Waals surface area contributed by atoms with E-state index in [0.717, 1.165) is 32.0 Å². The van der Waals surface area contributed by atoms with E-state index in [1.165, 1.54) is 19.4 Å². The molecule has 1 saturated heterocycles. The number of rotatable bonds is 5. The van der Waals surface area contributed by atoms with Gasteiger partial charge in [-0.3, -0.25) is 9.69 Å². The number of hydrogen-bond acceptors (Lipinski definition) is 4. The first-order valence-corrected chi connectivity index (χ1v) is 8.81. The summed E-state index contributed by atoms with van der Waals surface area (Å²) in [4.78, 5) is 17.2. The van der Waals surface area contributed by atoms with Gasteiger partial charge < -0.3 is 14.4 Å². The number of aliphatic hydroxyl groups excluding tert-OH is 1. The van der Waals surface area contributed by atoms with Crippen LogP contribution in [0.5, 0.6) is 0 Å². The molecule has 1 N–H and O–H groups in total. The molecule has 2 fully saturated rings. The minimum atomic E-state index is -0.170. The summed E-state index contributed by atoms with van der Waals surface area (Å²) >= 11 is 0. The number of hydrogen-bond donors (Lipinski definition) is 1. The summed E-state index contributed by atoms with van der Waals surface area (Å²) < 4.78 is 5.43. The Morgan fingerprint density at radius 1 is 1.35 bits per heavy atom. The van der Waals surface area contributed by atoms with E-state index in [1.807, 2.05) is 4.90 Å². The van der Waals surface area contributed by atoms with Crippen LogP contribution in [0.15, 0.2) is 16.5 Å². The second-order valence-corrected chi connectivity index (χ2v) is 7.28. The SMILES string of the molecule is CC(C)[C@H]1CN(C(=O)c2ccc(CO)o2)CCCN1CC1CC1. The van der Waals surface area contributed by atoms with Gasteiger partial charge in [-0.1, -0.05) is 13.8 Å². The van der Waals surface area contributed by atoms with E-state index in [0.29, 0.717) is 23.5 Å². The number of nitrogens with zero attached hydrogens (tertiary/aromatic N) is 2. The van der Waals surface area contributed by atoms with Crippen molar-refractivity contribution in [3.8, 4) is 0 Å². The Hall–Kier alpha value is -1.33. The summed E-state index contributed by atoms with van der Waals surface area (Å²) in [5.41, 5.74) is 0. The monoisotopic (exact) mass is 320 g/mol. The Morgan fingerprint density at radius 3 is 2.74 bits per heavy atom. The van der Waals surface area contributed by atoms with Crippen LogP contribution in [0.3, 0.4) is 0 Å². The molecule has 0 spiro atoms. The predicted molar refractivity (Wildman–Crippen MR) is 88.1 cm³/mol. The van der Waals surface area contributed by atoms with Gasteiger partial charge >= 0.3 is 0 Å². The molecule has 1 aromatic heterocycles. The summed E-state index contributed by atoms with van der Waals surface area (Å²) in [6.07, 6.45) is 3.73. The first-order valence-electron chi connectivity index (χ1n) is 8.81. The van der Waals surface area contributed by atoms with Crippen LogP contribution in [-0.2, 0) is 6.61 Å². The van der Waals surface area contributed by atoms with Crippen LogP contribution in [0.2, 0.25) is 0 Å². The Morgan fingerprint density at radius 2 is 2.13 bits per heavy atom. The van der Waals surface area contributed by atoms with Crippen LogP contribution in [0.4, 0.5) is 0 Å². The van der Waals surface area contributed by atoms with Crippen molar-refractivity contribution in [2.24, 2.45) is 11.8 Å². The van der Waals surface area contributed by atoms with E-state index >= 15 is 0 Å². The molecule has 23 heavy (non-hydrogen) atoms. The molecule has 1 aliphatic heterocycles. The normalized spacial score (nSPS) is 23.3. The lowest BCUT2D eigenvalue weighted by Gasteiger charge is -2.34. The van der Waals surface area contributed by atoms with Crippen LogP contribution in [0, 0.1) is 11.8 Å². The molecule has 1 amide bonds. The first-order chi connectivity index (χ1) is 11.1. The highest BCUT2D eigenvalue weighted by Crippen LogP contribution is 2.32. The molecule has 5 heteroatoms. The zero-order valence-electron chi connectivity index (χ0n) is 14.2. The highest BCUT2D eigenvalue weighted by Gasteiger charge is 2.34. The van der Waals surface area contributed by atoms with Crippen molar-refractivity contribution in [2.45, 2.75) is 45.8 Å². The van der Waals surface area contributed by atoms with Gasteiger partial charge in [-0.25, -0.2) is 0 Å². The maximum Gasteiger partial charge on any atom is 0.289 e. The Bertz CT molecular complexity index is 536. The van der Waals surface area contributed by atoms with Crippen molar-refractivity contribution in [1.82, 2.24) is 9.80 Å². The minimum absolute atomic E-state index is 0.0522. The van der Waals surface area contributed by atoms with Crippen molar-refractivity contribution >= 4 is 5.91 Å². The fourth-order valence-electron chi connectivity index (χ4n) is 3.47. The van der Waals surface area contributed by atoms with E-state index in [4.69, 9.17) is 9.52 Å². The number of aliphatic hydroxyl groups is 1. The van der Waals surface area contributed by atoms with Crippen molar-refractivity contribution < 1.29 is 14.3 Å². The molecular formula is C18H28N2O3. The summed E-state index contributed by atoms with van der Waals surface area (Å²) in [6.45, 7) is 8.11. The average Bonchev–Trinajstić information content (AvgIpc) is 3.26. The van der Waals surface area contributed by atoms with Gasteiger partial charge in [0.05, 0.1) is 0 Å². The van der Waals surface area contributed by atoms with Crippen molar-refractivity contribution in [3.05, 3.63) is 23.7 Å². The van der Waals surface area contributed by atoms with Crippen LogP contribution < -0.4 is 0 Å². The largest absolute Gasteiger partial charge is 0.453 e. The van der Waals surface area contributed by atoms with Gasteiger partial charge in [0.2, 0.25) is 0 Å². The van der Waals surface area contributed by atoms with Gasteiger partial charge in [-0.15, -0.1) is 0 Å². The third-order valence-electron chi connectivity index (χ3n) is 5.02. The fourth-order valence-corrected chi connectivity index (χ4v) is 3.47. The molecule has 1 aromatic rings. The van der Waals surface area contributed by atoms with Gasteiger partial charge in [-0.2, -0.15) is 0 Å². The Labute approximate surface area is 138 Å². The van der Waals surface area contributed by atoms with E-state index in [-0.39, 0.29) is 12.5 Å². The quantitative estimate of drug-likeness (QED) is 0.905. The van der Waals surface area contributed by atoms with Gasteiger partial charge in [0.1, 0.15) is 12.4 Å². The van der Waals surface area contributed by atoms with Gasteiger partial charge in [0.25, 0.3) is 5.91 Å². The van der Waals surface area contributed by atoms with Crippen LogP contribution >= 0.6 is 0 Å². The molecule has 0 radical (unpaired) electrons. The topological polar surface area (TPSA) is 56.9 Å². The Kier molecular flexibility index (Phi) is 5.07. The van der Waals surface area contributed by atoms with E-state index in [1.54, 1.807) is 12.1 Å². The first kappa shape index (κ1) is 16.5. The molecular weight excluding hydrogens is 292 g/mol. The van der Waals surface area contributed by atoms with Crippen molar-refractivity contribution in [2.75, 3.05) is 26.2 Å². The average molecular weight is 320 g/mol. The fraction of sp³-hybridized carbons (Fsp3) is 0.722. The molecule has 3 rings (SSSR count). The molecule has 0 bridgehead atoms. The van der Waals surface area contributed by atoms with Crippen LogP contribution in [0.25, 0.3) is 0 Å². The number of carbonyl (C=O) groups excluding carboxylic acids is 1. The number of carbonyl (C=O) groups is 1. The van der Waals surface area contributed by atoms with Crippen molar-refractivity contribution in [3.63, 3.8) is 0 Å². The summed E-state index contributed by atoms with van der Waals surface area (Å²) in [7, 11) is 0. The molecule has 1 saturated carbocycles. The molecule has 5 nitrogen and oxygen atoms in total. The maximum absolute atomic E-state index is 12.7. The predicted octanol–water partition coefficient (Wildman–Crippen LogP) is 2.35. The third-order valence-corrected chi connectivity index (χ3v) is 5.02. The molecule has 2 heterocycles. The van der Waals surface area contributed by atoms with Crippen LogP contribution in [-0.4, -0.2) is 53.0 Å². The number of amides is 1. The zero-order chi connectivity index (χ0) is 16.4. The standard InChI is InChI=1S/C18H28N2O3/c1-13(2)16-11-20(9-3-8-19(16)10-14-4-5-14)18(22)17-7-6-15(12-21)23-17/h6-7,13-14,16,21H,3-5,8-12H2,1-2H3/t16-/m1/s1. The smallest absolute Gasteiger partial charge is 0.289 e. The molecule has 2 aliphatic rings. The maximum atomic E-state index is 12.7. The molecule has 1 aliphatic carbocycles. The highest BCUT2D eigenvalue weighted by molar-refractivity contribution is 5.91. The van der Waals surface area contributed by atoms with E-state index in [9.17, 15) is 4.79 Å². The second-order valence-electron chi connectivity index (χ2n) is 7.28. The summed E-state index contributed by atoms with van der Waals surface area (Å²) in [5.74, 6) is 2.12. The van der Waals surface area contributed by atoms with E-state index in [2.05, 4.69) is 18.7 Å². The highest BCUT2D eigenvalue weighted by atomic mass is 16.4. The summed E-state index contributed by atoms with van der Waals surface area (Å²) in [5, 5.41) is 9.10. The lowest BCUT2D eigenvalue weighted by Crippen LogP contribution is -2.46. The Balaban J connectivity index is 1.70. The molecule has 128 valence electrons. The van der Waals surface area contributed by atoms with Gasteiger partial charge in [0.15, 0.2) is 5.76 Å². The molecule has 1 atom stereocenters. The zero-order valence-corrected chi connectivity index (χ0v) is 14.2. The lowest BCUT2D eigenvalue weighted by molar-refractivity contribution is 0.0669. The molecule has 0 aromatic carbocycles. The van der Waals surface area contributed by atoms with Crippen LogP contribution in [0.1, 0.15) is 49.4 Å². The molecule has 0 unspecified atom stereocenters. The lowest BCUT2D eigenvalue weighted by atomic mass is 10.0. The van der Waals surface area contributed by atoms with Gasteiger partial charge in [0, 0.05) is 32.2 Å². The summed E-state index contributed by atoms with van der Waals surface area (Å²) in [6, 6.07) is 3.75. The van der Waals surface area contributed by atoms with Crippen molar-refractivity contribution in [1.29, 1.82) is 0 Å². The van der Waals surface area contributed by atoms with Gasteiger partial charge in [-0.05, 0) is 43.2 Å². The number of furan rings is 1. The third kappa shape index (κ3) is 3.96. The van der Waals surface area contributed by atoms with E-state index < -0.39 is 0 Å². The minimum Gasteiger partial charge on any atom is -0.453 e. The second kappa shape index (κ2) is 7.05.